The first kappa shape index (κ1) is 26.0. The number of hydrogen-bond acceptors (Lipinski definition) is 8. The molecule has 0 aliphatic heterocycles. The van der Waals surface area contributed by atoms with E-state index in [-0.39, 0.29) is 9.10 Å². The summed E-state index contributed by atoms with van der Waals surface area (Å²) in [5.41, 5.74) is 2.68. The van der Waals surface area contributed by atoms with Crippen LogP contribution in [-0.2, 0) is 24.9 Å². The molecule has 35 heavy (non-hydrogen) atoms. The molecular formula is C22H19N3O7S3. The lowest BCUT2D eigenvalue weighted by molar-refractivity contribution is -0.124. The number of amides is 1. The predicted octanol–water partition coefficient (Wildman–Crippen LogP) is 3.30. The predicted molar refractivity (Wildman–Crippen MR) is 130 cm³/mol. The summed E-state index contributed by atoms with van der Waals surface area (Å²) in [5, 5.41) is 8.44. The highest BCUT2D eigenvalue weighted by molar-refractivity contribution is 7.92. The van der Waals surface area contributed by atoms with Gasteiger partial charge >= 0.3 is 0 Å². The number of rotatable bonds is 6. The zero-order chi connectivity index (χ0) is 25.5. The van der Waals surface area contributed by atoms with Crippen molar-refractivity contribution >= 4 is 43.5 Å². The van der Waals surface area contributed by atoms with Crippen molar-refractivity contribution in [2.75, 3.05) is 0 Å². The van der Waals surface area contributed by atoms with Crippen molar-refractivity contribution < 1.29 is 31.4 Å². The molecule has 0 fully saturated rings. The zero-order valence-electron chi connectivity index (χ0n) is 17.8. The Balaban J connectivity index is 0.000000287. The number of thiophene rings is 1. The number of carbonyl (C=O) groups excluding carboxylic acids is 1. The first-order chi connectivity index (χ1) is 16.6. The lowest BCUT2D eigenvalue weighted by Crippen LogP contribution is -2.14. The van der Waals surface area contributed by atoms with Crippen LogP contribution in [0.2, 0.25) is 0 Å². The van der Waals surface area contributed by atoms with Crippen LogP contribution < -0.4 is 5.48 Å². The number of hydrogen-bond donors (Lipinski definition) is 3. The molecule has 3 N–H and O–H groups in total. The van der Waals surface area contributed by atoms with Gasteiger partial charge in [0, 0.05) is 24.7 Å². The number of hydroxylamine groups is 1. The molecule has 1 amide bonds. The molecule has 4 rings (SSSR count). The van der Waals surface area contributed by atoms with Gasteiger partial charge in [0.2, 0.25) is 0 Å². The van der Waals surface area contributed by atoms with Crippen molar-refractivity contribution in [2.45, 2.75) is 9.10 Å². The van der Waals surface area contributed by atoms with Gasteiger partial charge in [0.25, 0.3) is 26.0 Å². The number of carbonyl (C=O) groups is 1. The van der Waals surface area contributed by atoms with Gasteiger partial charge in [-0.25, -0.2) is 9.45 Å². The molecule has 0 bridgehead atoms. The summed E-state index contributed by atoms with van der Waals surface area (Å²) in [5.74, 6) is -0.700. The second kappa shape index (κ2) is 11.2. The Kier molecular flexibility index (Phi) is 8.32. The van der Waals surface area contributed by atoms with Crippen molar-refractivity contribution in [2.24, 2.45) is 0 Å². The first-order valence-corrected chi connectivity index (χ1v) is 13.4. The first-order valence-electron chi connectivity index (χ1n) is 9.71. The maximum Gasteiger partial charge on any atom is 0.294 e. The minimum absolute atomic E-state index is 0.0741. The Morgan fingerprint density at radius 2 is 1.69 bits per heavy atom. The maximum atomic E-state index is 12.7. The molecule has 0 radical (unpaired) electrons. The molecule has 182 valence electrons. The standard InChI is InChI=1S/C16H13N3O4S2.C6H6O3S/c20-15(18-21)6-4-12-8-10-19(11-12)25(22,23)16-7-5-14(24-16)13-3-1-2-9-17-13;7-10(8,9)6-4-2-1-3-5-6/h1-11,21H,(H,18,20);1-5H,(H,7,8,9)/b6-4+;. The van der Waals surface area contributed by atoms with Crippen molar-refractivity contribution in [3.63, 3.8) is 0 Å². The van der Waals surface area contributed by atoms with Crippen LogP contribution in [0.25, 0.3) is 16.6 Å². The van der Waals surface area contributed by atoms with Crippen LogP contribution in [-0.4, -0.2) is 41.5 Å². The number of benzene rings is 1. The van der Waals surface area contributed by atoms with Crippen LogP contribution in [0.5, 0.6) is 0 Å². The van der Waals surface area contributed by atoms with Crippen molar-refractivity contribution in [3.05, 3.63) is 97.0 Å². The number of aromatic nitrogens is 2. The molecule has 13 heteroatoms. The van der Waals surface area contributed by atoms with Gasteiger partial charge in [-0.2, -0.15) is 16.8 Å². The van der Waals surface area contributed by atoms with Gasteiger partial charge < -0.3 is 0 Å². The van der Waals surface area contributed by atoms with Crippen LogP contribution in [0.3, 0.4) is 0 Å². The molecule has 0 saturated carbocycles. The highest BCUT2D eigenvalue weighted by atomic mass is 32.2. The molecule has 1 aromatic carbocycles. The fourth-order valence-electron chi connectivity index (χ4n) is 2.65. The number of pyridine rings is 1. The Bertz CT molecular complexity index is 1530. The third-order valence-electron chi connectivity index (χ3n) is 4.30. The zero-order valence-corrected chi connectivity index (χ0v) is 20.2. The second-order valence-corrected chi connectivity index (χ2v) is 11.3. The minimum atomic E-state index is -4.00. The van der Waals surface area contributed by atoms with E-state index in [4.69, 9.17) is 9.76 Å². The van der Waals surface area contributed by atoms with Gasteiger partial charge in [0.1, 0.15) is 4.21 Å². The van der Waals surface area contributed by atoms with E-state index >= 15 is 0 Å². The van der Waals surface area contributed by atoms with Crippen LogP contribution in [0.4, 0.5) is 0 Å². The second-order valence-electron chi connectivity index (χ2n) is 6.71. The molecule has 0 saturated heterocycles. The largest absolute Gasteiger partial charge is 0.294 e. The quantitative estimate of drug-likeness (QED) is 0.148. The Labute approximate surface area is 205 Å². The lowest BCUT2D eigenvalue weighted by Gasteiger charge is -2.02. The van der Waals surface area contributed by atoms with Crippen molar-refractivity contribution in [1.82, 2.24) is 14.4 Å². The van der Waals surface area contributed by atoms with E-state index in [1.807, 2.05) is 12.1 Å². The highest BCUT2D eigenvalue weighted by Crippen LogP contribution is 2.30. The van der Waals surface area contributed by atoms with Gasteiger partial charge in [0.15, 0.2) is 0 Å². The Hall–Kier alpha value is -3.62. The van der Waals surface area contributed by atoms with Crippen LogP contribution in [0.1, 0.15) is 5.56 Å². The molecule has 10 nitrogen and oxygen atoms in total. The average molecular weight is 534 g/mol. The summed E-state index contributed by atoms with van der Waals surface area (Å²) in [6.45, 7) is 0. The van der Waals surface area contributed by atoms with E-state index in [0.29, 0.717) is 11.3 Å². The van der Waals surface area contributed by atoms with Gasteiger partial charge in [-0.15, -0.1) is 11.3 Å². The molecule has 0 spiro atoms. The van der Waals surface area contributed by atoms with Gasteiger partial charge in [-0.05, 0) is 54.1 Å². The van der Waals surface area contributed by atoms with Crippen LogP contribution in [0.15, 0.2) is 101 Å². The van der Waals surface area contributed by atoms with Crippen molar-refractivity contribution in [3.8, 4) is 10.6 Å². The average Bonchev–Trinajstić information content (AvgIpc) is 3.55. The summed E-state index contributed by atoms with van der Waals surface area (Å²) >= 11 is 1.13. The third-order valence-corrected chi connectivity index (χ3v) is 8.38. The fourth-order valence-corrected chi connectivity index (χ4v) is 5.74. The molecular weight excluding hydrogens is 514 g/mol. The number of nitrogens with zero attached hydrogens (tertiary/aromatic N) is 2. The minimum Gasteiger partial charge on any atom is -0.288 e. The van der Waals surface area contributed by atoms with Gasteiger partial charge in [0.05, 0.1) is 15.5 Å². The normalized spacial score (nSPS) is 11.6. The molecule has 0 unspecified atom stereocenters. The Morgan fingerprint density at radius 1 is 0.971 bits per heavy atom. The summed E-state index contributed by atoms with van der Waals surface area (Å²) < 4.78 is 55.9. The molecule has 0 aliphatic rings. The number of nitrogens with one attached hydrogen (secondary N) is 1. The van der Waals surface area contributed by atoms with E-state index in [9.17, 15) is 21.6 Å². The fraction of sp³-hybridized carbons (Fsp3) is 0. The van der Waals surface area contributed by atoms with E-state index in [2.05, 4.69) is 4.98 Å². The molecule has 3 heterocycles. The lowest BCUT2D eigenvalue weighted by atomic mass is 10.3. The summed E-state index contributed by atoms with van der Waals surface area (Å²) in [7, 11) is -7.73. The van der Waals surface area contributed by atoms with Crippen LogP contribution >= 0.6 is 11.3 Å². The van der Waals surface area contributed by atoms with Crippen molar-refractivity contribution in [1.29, 1.82) is 0 Å². The SMILES string of the molecule is O=C(/C=C/c1ccn(S(=O)(=O)c2ccc(-c3ccccn3)s2)c1)NO.O=S(=O)(O)c1ccccc1. The van der Waals surface area contributed by atoms with E-state index in [1.54, 1.807) is 48.7 Å². The molecule has 0 aliphatic carbocycles. The summed E-state index contributed by atoms with van der Waals surface area (Å²) in [6, 6.07) is 17.7. The topological polar surface area (TPSA) is 156 Å². The highest BCUT2D eigenvalue weighted by Gasteiger charge is 2.19. The monoisotopic (exact) mass is 533 g/mol. The van der Waals surface area contributed by atoms with Crippen LogP contribution in [0, 0.1) is 0 Å². The smallest absolute Gasteiger partial charge is 0.288 e. The molecule has 0 atom stereocenters. The Morgan fingerprint density at radius 3 is 2.29 bits per heavy atom. The summed E-state index contributed by atoms with van der Waals surface area (Å²) in [6.07, 6.45) is 6.92. The third kappa shape index (κ3) is 6.94. The maximum absolute atomic E-state index is 12.7. The van der Waals surface area contributed by atoms with E-state index in [1.165, 1.54) is 36.1 Å². The molecule has 4 aromatic rings. The van der Waals surface area contributed by atoms with E-state index in [0.717, 1.165) is 26.3 Å². The van der Waals surface area contributed by atoms with E-state index < -0.39 is 26.0 Å². The summed E-state index contributed by atoms with van der Waals surface area (Å²) in [4.78, 5) is 15.9. The van der Waals surface area contributed by atoms with Gasteiger partial charge in [-0.1, -0.05) is 24.3 Å². The van der Waals surface area contributed by atoms with Gasteiger partial charge in [-0.3, -0.25) is 19.5 Å². The molecule has 3 aromatic heterocycles.